The first-order valence-corrected chi connectivity index (χ1v) is 6.12. The van der Waals surface area contributed by atoms with E-state index in [4.69, 9.17) is 4.74 Å². The molecule has 1 atom stereocenters. The summed E-state index contributed by atoms with van der Waals surface area (Å²) in [7, 11) is 1.63. The molecule has 0 saturated heterocycles. The molecule has 1 unspecified atom stereocenters. The Kier molecular flexibility index (Phi) is 2.83. The molecule has 1 aliphatic rings. The van der Waals surface area contributed by atoms with E-state index in [1.807, 2.05) is 18.2 Å². The van der Waals surface area contributed by atoms with Crippen molar-refractivity contribution >= 4 is 33.5 Å². The van der Waals surface area contributed by atoms with Gasteiger partial charge in [0.2, 0.25) is 0 Å². The topological polar surface area (TPSA) is 26.3 Å². The molecule has 1 heterocycles. The quantitative estimate of drug-likeness (QED) is 0.736. The van der Waals surface area contributed by atoms with Gasteiger partial charge in [-0.1, -0.05) is 22.0 Å². The van der Waals surface area contributed by atoms with E-state index in [-0.39, 0.29) is 10.6 Å². The number of carbonyl (C=O) groups excluding carboxylic acids is 1. The minimum atomic E-state index is -0.0629. The largest absolute Gasteiger partial charge is 0.496 e. The van der Waals surface area contributed by atoms with Crippen LogP contribution in [0.1, 0.15) is 10.4 Å². The third-order valence-electron chi connectivity index (χ3n) is 2.12. The first kappa shape index (κ1) is 10.1. The molecule has 0 saturated carbocycles. The monoisotopic (exact) mass is 272 g/mol. The van der Waals surface area contributed by atoms with Gasteiger partial charge in [-0.25, -0.2) is 0 Å². The SMILES string of the molecule is COc1cccc2c1SCC(Br)C2=O. The van der Waals surface area contributed by atoms with Gasteiger partial charge < -0.3 is 4.74 Å². The lowest BCUT2D eigenvalue weighted by atomic mass is 10.1. The summed E-state index contributed by atoms with van der Waals surface area (Å²) in [5.74, 6) is 1.71. The molecule has 1 aromatic carbocycles. The Hall–Kier alpha value is -0.480. The van der Waals surface area contributed by atoms with Gasteiger partial charge in [-0.15, -0.1) is 11.8 Å². The molecule has 2 rings (SSSR count). The van der Waals surface area contributed by atoms with E-state index in [1.165, 1.54) is 0 Å². The van der Waals surface area contributed by atoms with Crippen molar-refractivity contribution in [2.75, 3.05) is 12.9 Å². The highest BCUT2D eigenvalue weighted by atomic mass is 79.9. The van der Waals surface area contributed by atoms with Gasteiger partial charge in [0.05, 0.1) is 16.8 Å². The number of hydrogen-bond acceptors (Lipinski definition) is 3. The summed E-state index contributed by atoms with van der Waals surface area (Å²) in [5.41, 5.74) is 0.766. The smallest absolute Gasteiger partial charge is 0.178 e. The van der Waals surface area contributed by atoms with Gasteiger partial charge in [-0.2, -0.15) is 0 Å². The summed E-state index contributed by atoms with van der Waals surface area (Å²) < 4.78 is 5.21. The van der Waals surface area contributed by atoms with Crippen molar-refractivity contribution in [2.45, 2.75) is 9.72 Å². The van der Waals surface area contributed by atoms with E-state index in [0.717, 1.165) is 22.0 Å². The average Bonchev–Trinajstić information content (AvgIpc) is 2.23. The zero-order valence-electron chi connectivity index (χ0n) is 7.62. The Balaban J connectivity index is 2.52. The second-order valence-corrected chi connectivity index (χ2v) is 5.12. The molecular formula is C10H9BrO2S. The fourth-order valence-corrected chi connectivity index (χ4v) is 3.15. The second kappa shape index (κ2) is 3.95. The van der Waals surface area contributed by atoms with Gasteiger partial charge in [-0.05, 0) is 12.1 Å². The summed E-state index contributed by atoms with van der Waals surface area (Å²) in [6.45, 7) is 0. The normalized spacial score (nSPS) is 20.4. The van der Waals surface area contributed by atoms with Crippen LogP contribution >= 0.6 is 27.7 Å². The first-order chi connectivity index (χ1) is 6.74. The number of alkyl halides is 1. The van der Waals surface area contributed by atoms with Crippen LogP contribution < -0.4 is 4.74 Å². The Morgan fingerprint density at radius 2 is 2.36 bits per heavy atom. The number of halogens is 1. The van der Waals surface area contributed by atoms with Crippen molar-refractivity contribution in [2.24, 2.45) is 0 Å². The predicted octanol–water partition coefficient (Wildman–Crippen LogP) is 2.75. The third kappa shape index (κ3) is 1.57. The number of hydrogen-bond donors (Lipinski definition) is 0. The fraction of sp³-hybridized carbons (Fsp3) is 0.300. The van der Waals surface area contributed by atoms with Crippen molar-refractivity contribution in [3.05, 3.63) is 23.8 Å². The van der Waals surface area contributed by atoms with Gasteiger partial charge in [0.25, 0.3) is 0 Å². The Morgan fingerprint density at radius 1 is 1.57 bits per heavy atom. The summed E-state index contributed by atoms with van der Waals surface area (Å²) in [4.78, 5) is 12.7. The lowest BCUT2D eigenvalue weighted by molar-refractivity contribution is 0.0992. The molecule has 1 aliphatic heterocycles. The Labute approximate surface area is 95.2 Å². The molecule has 0 fully saturated rings. The minimum Gasteiger partial charge on any atom is -0.496 e. The summed E-state index contributed by atoms with van der Waals surface area (Å²) in [6.07, 6.45) is 0. The zero-order chi connectivity index (χ0) is 10.1. The van der Waals surface area contributed by atoms with E-state index in [9.17, 15) is 4.79 Å². The van der Waals surface area contributed by atoms with E-state index < -0.39 is 0 Å². The second-order valence-electron chi connectivity index (χ2n) is 2.98. The molecule has 74 valence electrons. The number of rotatable bonds is 1. The van der Waals surface area contributed by atoms with Gasteiger partial charge in [-0.3, -0.25) is 4.79 Å². The van der Waals surface area contributed by atoms with E-state index in [2.05, 4.69) is 15.9 Å². The standard InChI is InChI=1S/C10H9BrO2S/c1-13-8-4-2-3-6-9(12)7(11)5-14-10(6)8/h2-4,7H,5H2,1H3. The van der Waals surface area contributed by atoms with Crippen LogP contribution in [0.3, 0.4) is 0 Å². The summed E-state index contributed by atoms with van der Waals surface area (Å²) in [6, 6.07) is 5.58. The molecular weight excluding hydrogens is 264 g/mol. The van der Waals surface area contributed by atoms with Gasteiger partial charge in [0.15, 0.2) is 5.78 Å². The number of ether oxygens (including phenoxy) is 1. The van der Waals surface area contributed by atoms with Crippen LogP contribution in [0.2, 0.25) is 0 Å². The molecule has 0 aromatic heterocycles. The number of methoxy groups -OCH3 is 1. The molecule has 0 N–H and O–H groups in total. The molecule has 0 aliphatic carbocycles. The lowest BCUT2D eigenvalue weighted by Crippen LogP contribution is -2.22. The van der Waals surface area contributed by atoms with E-state index in [0.29, 0.717) is 0 Å². The number of ketones is 1. The number of thioether (sulfide) groups is 1. The van der Waals surface area contributed by atoms with Crippen molar-refractivity contribution < 1.29 is 9.53 Å². The summed E-state index contributed by atoms with van der Waals surface area (Å²) in [5, 5.41) is 0. The maximum Gasteiger partial charge on any atom is 0.178 e. The van der Waals surface area contributed by atoms with E-state index >= 15 is 0 Å². The van der Waals surface area contributed by atoms with Gasteiger partial charge in [0, 0.05) is 11.3 Å². The molecule has 0 amide bonds. The maximum atomic E-state index is 11.8. The van der Waals surface area contributed by atoms with Crippen molar-refractivity contribution in [1.29, 1.82) is 0 Å². The van der Waals surface area contributed by atoms with Crippen LogP contribution in [0.5, 0.6) is 5.75 Å². The number of benzene rings is 1. The van der Waals surface area contributed by atoms with Gasteiger partial charge >= 0.3 is 0 Å². The lowest BCUT2D eigenvalue weighted by Gasteiger charge is -2.20. The van der Waals surface area contributed by atoms with Crippen molar-refractivity contribution in [3.63, 3.8) is 0 Å². The molecule has 2 nitrogen and oxygen atoms in total. The third-order valence-corrected chi connectivity index (χ3v) is 4.50. The number of fused-ring (bicyclic) bond motifs is 1. The van der Waals surface area contributed by atoms with Gasteiger partial charge in [0.1, 0.15) is 5.75 Å². The highest BCUT2D eigenvalue weighted by molar-refractivity contribution is 9.10. The predicted molar refractivity (Wildman–Crippen MR) is 60.8 cm³/mol. The van der Waals surface area contributed by atoms with Crippen LogP contribution in [0, 0.1) is 0 Å². The number of Topliss-reactive ketones (excluding diaryl/α,β-unsaturated/α-hetero) is 1. The Morgan fingerprint density at radius 3 is 3.07 bits per heavy atom. The molecule has 4 heteroatoms. The maximum absolute atomic E-state index is 11.8. The van der Waals surface area contributed by atoms with Crippen LogP contribution in [0.4, 0.5) is 0 Å². The van der Waals surface area contributed by atoms with E-state index in [1.54, 1.807) is 18.9 Å². The van der Waals surface area contributed by atoms with Crippen LogP contribution in [0.15, 0.2) is 23.1 Å². The fourth-order valence-electron chi connectivity index (χ4n) is 1.42. The highest BCUT2D eigenvalue weighted by Crippen LogP contribution is 2.38. The average molecular weight is 273 g/mol. The molecule has 14 heavy (non-hydrogen) atoms. The zero-order valence-corrected chi connectivity index (χ0v) is 10.0. The van der Waals surface area contributed by atoms with Crippen LogP contribution in [-0.2, 0) is 0 Å². The summed E-state index contributed by atoms with van der Waals surface area (Å²) >= 11 is 5.02. The molecule has 0 bridgehead atoms. The Bertz CT molecular complexity index is 378. The molecule has 1 aromatic rings. The first-order valence-electron chi connectivity index (χ1n) is 4.22. The van der Waals surface area contributed by atoms with Crippen molar-refractivity contribution in [1.82, 2.24) is 0 Å². The van der Waals surface area contributed by atoms with Crippen molar-refractivity contribution in [3.8, 4) is 5.75 Å². The molecule has 0 spiro atoms. The van der Waals surface area contributed by atoms with Crippen LogP contribution in [-0.4, -0.2) is 23.5 Å². The van der Waals surface area contributed by atoms with Crippen LogP contribution in [0.25, 0.3) is 0 Å². The highest BCUT2D eigenvalue weighted by Gasteiger charge is 2.27. The molecule has 0 radical (unpaired) electrons. The number of carbonyl (C=O) groups is 1. The minimum absolute atomic E-state index is 0.0629.